The fourth-order valence-electron chi connectivity index (χ4n) is 1.95. The summed E-state index contributed by atoms with van der Waals surface area (Å²) < 4.78 is 0. The second-order valence-electron chi connectivity index (χ2n) is 3.67. The molecule has 1 spiro atoms. The predicted octanol–water partition coefficient (Wildman–Crippen LogP) is 2.39. The lowest BCUT2D eigenvalue weighted by molar-refractivity contribution is 0.636. The summed E-state index contributed by atoms with van der Waals surface area (Å²) >= 11 is 0. The zero-order chi connectivity index (χ0) is 8.60. The van der Waals surface area contributed by atoms with Crippen LogP contribution in [0.15, 0.2) is 36.1 Å². The highest BCUT2D eigenvalue weighted by molar-refractivity contribution is 5.44. The van der Waals surface area contributed by atoms with Gasteiger partial charge in [-0.1, -0.05) is 18.7 Å². The van der Waals surface area contributed by atoms with Crippen molar-refractivity contribution < 1.29 is 0 Å². The summed E-state index contributed by atoms with van der Waals surface area (Å²) in [6, 6.07) is 0. The number of hydrogen-bond acceptors (Lipinski definition) is 1. The summed E-state index contributed by atoms with van der Waals surface area (Å²) in [6.07, 6.45) is 8.96. The third-order valence-corrected chi connectivity index (χ3v) is 2.87. The lowest BCUT2D eigenvalue weighted by Gasteiger charge is -2.05. The largest absolute Gasteiger partial charge is 0.384 e. The van der Waals surface area contributed by atoms with Crippen LogP contribution in [-0.2, 0) is 0 Å². The first kappa shape index (κ1) is 7.66. The van der Waals surface area contributed by atoms with Gasteiger partial charge in [0.1, 0.15) is 0 Å². The smallest absolute Gasteiger partial charge is 0.0373 e. The molecule has 0 saturated heterocycles. The Hall–Kier alpha value is -0.980. The molecule has 1 heteroatoms. The molecule has 2 aliphatic rings. The number of nitrogens with one attached hydrogen (secondary N) is 1. The van der Waals surface area contributed by atoms with Crippen LogP contribution in [0.5, 0.6) is 0 Å². The summed E-state index contributed by atoms with van der Waals surface area (Å²) in [5, 5.41) is 3.40. The van der Waals surface area contributed by atoms with Gasteiger partial charge >= 0.3 is 0 Å². The van der Waals surface area contributed by atoms with Gasteiger partial charge in [-0.2, -0.15) is 0 Å². The van der Waals surface area contributed by atoms with Gasteiger partial charge in [-0.25, -0.2) is 0 Å². The van der Waals surface area contributed by atoms with Crippen LogP contribution in [0.25, 0.3) is 0 Å². The molecule has 1 aliphatic carbocycles. The van der Waals surface area contributed by atoms with Crippen molar-refractivity contribution >= 4 is 0 Å². The van der Waals surface area contributed by atoms with E-state index in [1.54, 1.807) is 0 Å². The second kappa shape index (κ2) is 2.51. The monoisotopic (exact) mass is 161 g/mol. The SMILES string of the molecule is C=CC1=C(/C=C\C)C2(CC2)CN1. The molecule has 1 fully saturated rings. The van der Waals surface area contributed by atoms with Crippen LogP contribution in [0.2, 0.25) is 0 Å². The first-order valence-electron chi connectivity index (χ1n) is 4.56. The van der Waals surface area contributed by atoms with E-state index < -0.39 is 0 Å². The maximum atomic E-state index is 3.81. The van der Waals surface area contributed by atoms with E-state index in [1.165, 1.54) is 24.1 Å². The Morgan fingerprint density at radius 1 is 1.50 bits per heavy atom. The molecule has 2 rings (SSSR count). The first-order valence-corrected chi connectivity index (χ1v) is 4.56. The molecule has 0 bridgehead atoms. The van der Waals surface area contributed by atoms with Crippen LogP contribution in [0.3, 0.4) is 0 Å². The van der Waals surface area contributed by atoms with Crippen molar-refractivity contribution in [3.63, 3.8) is 0 Å². The Labute approximate surface area is 73.9 Å². The first-order chi connectivity index (χ1) is 5.82. The summed E-state index contributed by atoms with van der Waals surface area (Å²) in [5.41, 5.74) is 3.21. The van der Waals surface area contributed by atoms with Gasteiger partial charge in [-0.05, 0) is 31.4 Å². The summed E-state index contributed by atoms with van der Waals surface area (Å²) in [7, 11) is 0. The third kappa shape index (κ3) is 0.927. The molecule has 0 aromatic heterocycles. The van der Waals surface area contributed by atoms with E-state index in [-0.39, 0.29) is 0 Å². The molecule has 1 aliphatic heterocycles. The lowest BCUT2D eigenvalue weighted by atomic mass is 9.97. The maximum absolute atomic E-state index is 3.81. The molecule has 0 unspecified atom stereocenters. The summed E-state index contributed by atoms with van der Waals surface area (Å²) in [4.78, 5) is 0. The molecule has 1 N–H and O–H groups in total. The van der Waals surface area contributed by atoms with Crippen LogP contribution in [0.1, 0.15) is 19.8 Å². The zero-order valence-electron chi connectivity index (χ0n) is 7.56. The van der Waals surface area contributed by atoms with Crippen LogP contribution >= 0.6 is 0 Å². The van der Waals surface area contributed by atoms with E-state index in [4.69, 9.17) is 0 Å². The van der Waals surface area contributed by atoms with E-state index in [0.29, 0.717) is 5.41 Å². The molecule has 1 heterocycles. The fraction of sp³-hybridized carbons (Fsp3) is 0.455. The number of rotatable bonds is 2. The topological polar surface area (TPSA) is 12.0 Å². The van der Waals surface area contributed by atoms with Crippen LogP contribution in [-0.4, -0.2) is 6.54 Å². The van der Waals surface area contributed by atoms with Gasteiger partial charge < -0.3 is 5.32 Å². The van der Waals surface area contributed by atoms with Crippen LogP contribution < -0.4 is 5.32 Å². The second-order valence-corrected chi connectivity index (χ2v) is 3.67. The standard InChI is InChI=1S/C11H15N/c1-3-5-9-10(4-2)12-8-11(9)6-7-11/h3-5,12H,2,6-8H2,1H3/b5-3-. The average molecular weight is 161 g/mol. The van der Waals surface area contributed by atoms with Crippen molar-refractivity contribution in [3.8, 4) is 0 Å². The highest BCUT2D eigenvalue weighted by Crippen LogP contribution is 2.55. The van der Waals surface area contributed by atoms with Crippen molar-refractivity contribution in [2.24, 2.45) is 5.41 Å². The van der Waals surface area contributed by atoms with Gasteiger partial charge in [0.05, 0.1) is 0 Å². The Morgan fingerprint density at radius 3 is 2.75 bits per heavy atom. The Balaban J connectivity index is 2.35. The van der Waals surface area contributed by atoms with Crippen LogP contribution in [0.4, 0.5) is 0 Å². The fourth-order valence-corrected chi connectivity index (χ4v) is 1.95. The van der Waals surface area contributed by atoms with Gasteiger partial charge in [0.2, 0.25) is 0 Å². The Kier molecular flexibility index (Phi) is 1.60. The van der Waals surface area contributed by atoms with Crippen molar-refractivity contribution in [2.75, 3.05) is 6.54 Å². The Morgan fingerprint density at radius 2 is 2.25 bits per heavy atom. The molecule has 0 amide bonds. The van der Waals surface area contributed by atoms with Gasteiger partial charge in [0, 0.05) is 17.7 Å². The van der Waals surface area contributed by atoms with E-state index in [2.05, 4.69) is 31.0 Å². The summed E-state index contributed by atoms with van der Waals surface area (Å²) in [6.45, 7) is 7.00. The zero-order valence-corrected chi connectivity index (χ0v) is 7.56. The van der Waals surface area contributed by atoms with Crippen LogP contribution in [0, 0.1) is 5.41 Å². The maximum Gasteiger partial charge on any atom is 0.0373 e. The van der Waals surface area contributed by atoms with Crippen molar-refractivity contribution in [2.45, 2.75) is 19.8 Å². The van der Waals surface area contributed by atoms with E-state index in [0.717, 1.165) is 6.54 Å². The quantitative estimate of drug-likeness (QED) is 0.655. The third-order valence-electron chi connectivity index (χ3n) is 2.87. The summed E-state index contributed by atoms with van der Waals surface area (Å²) in [5.74, 6) is 0. The minimum atomic E-state index is 0.496. The molecule has 12 heavy (non-hydrogen) atoms. The highest BCUT2D eigenvalue weighted by atomic mass is 15.0. The molecule has 1 nitrogen and oxygen atoms in total. The number of allylic oxidation sites excluding steroid dienone is 3. The predicted molar refractivity (Wildman–Crippen MR) is 51.7 cm³/mol. The normalized spacial score (nSPS) is 25.1. The molecule has 0 radical (unpaired) electrons. The molecule has 64 valence electrons. The molecule has 0 atom stereocenters. The molecule has 1 saturated carbocycles. The number of hydrogen-bond donors (Lipinski definition) is 1. The minimum Gasteiger partial charge on any atom is -0.384 e. The van der Waals surface area contributed by atoms with Crippen molar-refractivity contribution in [1.82, 2.24) is 5.32 Å². The van der Waals surface area contributed by atoms with Crippen molar-refractivity contribution in [3.05, 3.63) is 36.1 Å². The average Bonchev–Trinajstić information content (AvgIpc) is 2.76. The van der Waals surface area contributed by atoms with Gasteiger partial charge in [0.15, 0.2) is 0 Å². The van der Waals surface area contributed by atoms with E-state index in [9.17, 15) is 0 Å². The van der Waals surface area contributed by atoms with E-state index in [1.807, 2.05) is 6.08 Å². The van der Waals surface area contributed by atoms with Gasteiger partial charge in [0.25, 0.3) is 0 Å². The van der Waals surface area contributed by atoms with Gasteiger partial charge in [-0.15, -0.1) is 0 Å². The highest BCUT2D eigenvalue weighted by Gasteiger charge is 2.48. The molecular weight excluding hydrogens is 146 g/mol. The van der Waals surface area contributed by atoms with Crippen molar-refractivity contribution in [1.29, 1.82) is 0 Å². The lowest BCUT2D eigenvalue weighted by Crippen LogP contribution is -2.11. The molecule has 0 aromatic rings. The molecule has 0 aromatic carbocycles. The minimum absolute atomic E-state index is 0.496. The Bertz CT molecular complexity index is 267. The van der Waals surface area contributed by atoms with Gasteiger partial charge in [-0.3, -0.25) is 0 Å². The van der Waals surface area contributed by atoms with E-state index >= 15 is 0 Å². The molecular formula is C11H15N.